The van der Waals surface area contributed by atoms with Crippen molar-refractivity contribution in [3.8, 4) is 11.1 Å². The van der Waals surface area contributed by atoms with Crippen molar-refractivity contribution in [1.29, 1.82) is 0 Å². The lowest BCUT2D eigenvalue weighted by Crippen LogP contribution is -2.41. The number of hydrogen-bond donors (Lipinski definition) is 2. The Morgan fingerprint density at radius 3 is 2.47 bits per heavy atom. The molecule has 0 aromatic heterocycles. The second-order valence-electron chi connectivity index (χ2n) is 9.73. The van der Waals surface area contributed by atoms with Gasteiger partial charge in [-0.2, -0.15) is 0 Å². The molecule has 2 amide bonds. The first-order chi connectivity index (χ1) is 17.2. The number of rotatable bonds is 5. The van der Waals surface area contributed by atoms with Gasteiger partial charge in [0.2, 0.25) is 10.0 Å². The number of amides is 2. The number of benzene rings is 3. The van der Waals surface area contributed by atoms with Gasteiger partial charge in [-0.3, -0.25) is 4.90 Å². The molecule has 188 valence electrons. The van der Waals surface area contributed by atoms with E-state index in [0.29, 0.717) is 12.1 Å². The summed E-state index contributed by atoms with van der Waals surface area (Å²) in [7, 11) is -2.13. The third-order valence-electron chi connectivity index (χ3n) is 7.65. The van der Waals surface area contributed by atoms with Crippen molar-refractivity contribution in [2.24, 2.45) is 0 Å². The average Bonchev–Trinajstić information content (AvgIpc) is 3.49. The predicted octanol–water partition coefficient (Wildman–Crippen LogP) is 5.25. The van der Waals surface area contributed by atoms with E-state index in [9.17, 15) is 17.6 Å². The summed E-state index contributed by atoms with van der Waals surface area (Å²) in [5.41, 5.74) is 5.27. The van der Waals surface area contributed by atoms with Gasteiger partial charge >= 0.3 is 6.03 Å². The van der Waals surface area contributed by atoms with E-state index in [0.717, 1.165) is 53.6 Å². The summed E-state index contributed by atoms with van der Waals surface area (Å²) >= 11 is 0. The molecule has 36 heavy (non-hydrogen) atoms. The standard InChI is InChI=1S/C28H30FN3O3S/c1-19-23(6-5-7-25(19)29)21-10-13-26-24(16-21)28(14-3-4-15-28)18-32(26)27(33)31-17-20-8-11-22(12-9-20)36(34,35)30-2/h5-13,16,30H,3-4,14-15,17-18H2,1-2H3,(H,31,33). The molecule has 1 spiro atoms. The van der Waals surface area contributed by atoms with Crippen LogP contribution >= 0.6 is 0 Å². The Bertz CT molecular complexity index is 1410. The van der Waals surface area contributed by atoms with Crippen molar-refractivity contribution in [1.82, 2.24) is 10.0 Å². The molecule has 1 aliphatic carbocycles. The fourth-order valence-electron chi connectivity index (χ4n) is 5.59. The number of hydrogen-bond acceptors (Lipinski definition) is 3. The Kier molecular flexibility index (Phi) is 6.34. The molecule has 1 aliphatic heterocycles. The molecule has 2 aliphatic rings. The first-order valence-corrected chi connectivity index (χ1v) is 13.7. The Labute approximate surface area is 211 Å². The summed E-state index contributed by atoms with van der Waals surface area (Å²) in [5, 5.41) is 3.00. The minimum absolute atomic E-state index is 0.0763. The van der Waals surface area contributed by atoms with Gasteiger partial charge in [0.1, 0.15) is 5.82 Å². The van der Waals surface area contributed by atoms with Crippen LogP contribution in [0.15, 0.2) is 65.6 Å². The lowest BCUT2D eigenvalue weighted by molar-refractivity contribution is 0.245. The number of sulfonamides is 1. The largest absolute Gasteiger partial charge is 0.334 e. The fourth-order valence-corrected chi connectivity index (χ4v) is 6.32. The smallest absolute Gasteiger partial charge is 0.322 e. The minimum Gasteiger partial charge on any atom is -0.334 e. The molecule has 6 nitrogen and oxygen atoms in total. The molecule has 0 bridgehead atoms. The average molecular weight is 508 g/mol. The third-order valence-corrected chi connectivity index (χ3v) is 9.08. The van der Waals surface area contributed by atoms with Crippen LogP contribution in [-0.2, 0) is 22.0 Å². The number of nitrogens with one attached hydrogen (secondary N) is 2. The Morgan fingerprint density at radius 1 is 1.06 bits per heavy atom. The van der Waals surface area contributed by atoms with Crippen LogP contribution in [0.4, 0.5) is 14.9 Å². The highest BCUT2D eigenvalue weighted by molar-refractivity contribution is 7.89. The first-order valence-electron chi connectivity index (χ1n) is 12.2. The highest BCUT2D eigenvalue weighted by Crippen LogP contribution is 2.51. The third kappa shape index (κ3) is 4.29. The van der Waals surface area contributed by atoms with Gasteiger partial charge in [0.05, 0.1) is 4.90 Å². The molecule has 0 unspecified atom stereocenters. The molecule has 1 fully saturated rings. The van der Waals surface area contributed by atoms with E-state index < -0.39 is 10.0 Å². The number of carbonyl (C=O) groups is 1. The van der Waals surface area contributed by atoms with E-state index in [4.69, 9.17) is 0 Å². The van der Waals surface area contributed by atoms with Gasteiger partial charge in [-0.15, -0.1) is 0 Å². The van der Waals surface area contributed by atoms with Crippen LogP contribution in [0.2, 0.25) is 0 Å². The summed E-state index contributed by atoms with van der Waals surface area (Å²) in [5.74, 6) is -0.221. The van der Waals surface area contributed by atoms with Gasteiger partial charge in [0.15, 0.2) is 0 Å². The molecule has 3 aromatic rings. The van der Waals surface area contributed by atoms with E-state index in [-0.39, 0.29) is 28.7 Å². The molecule has 5 rings (SSSR count). The van der Waals surface area contributed by atoms with E-state index in [1.807, 2.05) is 23.1 Å². The number of nitrogens with zero attached hydrogens (tertiary/aromatic N) is 1. The van der Waals surface area contributed by atoms with Crippen molar-refractivity contribution in [3.05, 3.63) is 83.2 Å². The lowest BCUT2D eigenvalue weighted by Gasteiger charge is -2.25. The highest BCUT2D eigenvalue weighted by atomic mass is 32.2. The molecule has 0 saturated heterocycles. The maximum absolute atomic E-state index is 14.2. The summed E-state index contributed by atoms with van der Waals surface area (Å²) in [6.07, 6.45) is 4.30. The number of carbonyl (C=O) groups excluding carboxylic acids is 1. The zero-order valence-electron chi connectivity index (χ0n) is 20.5. The van der Waals surface area contributed by atoms with Crippen LogP contribution in [0.25, 0.3) is 11.1 Å². The molecule has 3 aromatic carbocycles. The van der Waals surface area contributed by atoms with Crippen LogP contribution in [0.3, 0.4) is 0 Å². The van der Waals surface area contributed by atoms with Gasteiger partial charge < -0.3 is 5.32 Å². The number of fused-ring (bicyclic) bond motifs is 2. The second kappa shape index (κ2) is 9.33. The maximum atomic E-state index is 14.2. The SMILES string of the molecule is CNS(=O)(=O)c1ccc(CNC(=O)N2CC3(CCCC3)c3cc(-c4cccc(F)c4C)ccc32)cc1. The summed E-state index contributed by atoms with van der Waals surface area (Å²) in [4.78, 5) is 15.3. The Hall–Kier alpha value is -3.23. The van der Waals surface area contributed by atoms with Crippen LogP contribution in [0, 0.1) is 12.7 Å². The molecule has 0 atom stereocenters. The summed E-state index contributed by atoms with van der Waals surface area (Å²) in [6, 6.07) is 17.5. The Balaban J connectivity index is 1.39. The quantitative estimate of drug-likeness (QED) is 0.495. The van der Waals surface area contributed by atoms with Crippen LogP contribution in [-0.4, -0.2) is 28.0 Å². The lowest BCUT2D eigenvalue weighted by atomic mass is 9.79. The topological polar surface area (TPSA) is 78.5 Å². The fraction of sp³-hybridized carbons (Fsp3) is 0.321. The molecule has 1 heterocycles. The molecule has 0 radical (unpaired) electrons. The van der Waals surface area contributed by atoms with Crippen molar-refractivity contribution in [3.63, 3.8) is 0 Å². The summed E-state index contributed by atoms with van der Waals surface area (Å²) in [6.45, 7) is 2.71. The van der Waals surface area contributed by atoms with E-state index in [2.05, 4.69) is 16.1 Å². The molecule has 8 heteroatoms. The van der Waals surface area contributed by atoms with E-state index >= 15 is 0 Å². The molecule has 2 N–H and O–H groups in total. The summed E-state index contributed by atoms with van der Waals surface area (Å²) < 4.78 is 40.4. The normalized spacial score (nSPS) is 16.4. The molecular weight excluding hydrogens is 477 g/mol. The maximum Gasteiger partial charge on any atom is 0.322 e. The van der Waals surface area contributed by atoms with Gasteiger partial charge in [-0.05, 0) is 85.0 Å². The van der Waals surface area contributed by atoms with Crippen molar-refractivity contribution in [2.45, 2.75) is 49.5 Å². The zero-order valence-corrected chi connectivity index (χ0v) is 21.3. The van der Waals surface area contributed by atoms with Crippen LogP contribution < -0.4 is 14.9 Å². The van der Waals surface area contributed by atoms with Gasteiger partial charge in [-0.25, -0.2) is 22.3 Å². The molecule has 1 saturated carbocycles. The number of halogens is 1. The van der Waals surface area contributed by atoms with Crippen LogP contribution in [0.1, 0.15) is 42.4 Å². The van der Waals surface area contributed by atoms with E-state index in [1.165, 1.54) is 25.2 Å². The van der Waals surface area contributed by atoms with Crippen LogP contribution in [0.5, 0.6) is 0 Å². The zero-order chi connectivity index (χ0) is 25.5. The van der Waals surface area contributed by atoms with Gasteiger partial charge in [0, 0.05) is 24.2 Å². The van der Waals surface area contributed by atoms with Gasteiger partial charge in [0.25, 0.3) is 0 Å². The molecular formula is C28H30FN3O3S. The van der Waals surface area contributed by atoms with Crippen molar-refractivity contribution < 1.29 is 17.6 Å². The first kappa shape index (κ1) is 24.5. The van der Waals surface area contributed by atoms with Gasteiger partial charge in [-0.1, -0.05) is 43.2 Å². The predicted molar refractivity (Wildman–Crippen MR) is 139 cm³/mol. The minimum atomic E-state index is -3.50. The number of anilines is 1. The van der Waals surface area contributed by atoms with E-state index in [1.54, 1.807) is 25.1 Å². The number of urea groups is 1. The highest BCUT2D eigenvalue weighted by Gasteiger charge is 2.46. The van der Waals surface area contributed by atoms with Crippen molar-refractivity contribution >= 4 is 21.7 Å². The van der Waals surface area contributed by atoms with Crippen molar-refractivity contribution in [2.75, 3.05) is 18.5 Å². The Morgan fingerprint density at radius 2 is 1.78 bits per heavy atom. The second-order valence-corrected chi connectivity index (χ2v) is 11.6. The monoisotopic (exact) mass is 507 g/mol.